The molecular weight excluding hydrogens is 481 g/mol. The number of anilines is 2. The Labute approximate surface area is 204 Å². The number of nitrogens with zero attached hydrogens (tertiary/aromatic N) is 3. The van der Waals surface area contributed by atoms with Crippen molar-refractivity contribution in [1.82, 2.24) is 14.5 Å². The molecule has 1 aromatic carbocycles. The lowest BCUT2D eigenvalue weighted by Crippen LogP contribution is -2.34. The van der Waals surface area contributed by atoms with Gasteiger partial charge in [0.05, 0.1) is 32.7 Å². The van der Waals surface area contributed by atoms with Crippen LogP contribution in [0.1, 0.15) is 42.6 Å². The monoisotopic (exact) mass is 503 g/mol. The third kappa shape index (κ3) is 4.97. The minimum atomic E-state index is -1.12. The smallest absolute Gasteiger partial charge is 0.284 e. The highest BCUT2D eigenvalue weighted by Gasteiger charge is 2.27. The van der Waals surface area contributed by atoms with Crippen molar-refractivity contribution < 1.29 is 18.8 Å². The Morgan fingerprint density at radius 1 is 1.26 bits per heavy atom. The maximum absolute atomic E-state index is 13.0. The summed E-state index contributed by atoms with van der Waals surface area (Å²) < 4.78 is 14.9. The van der Waals surface area contributed by atoms with Crippen LogP contribution in [0.15, 0.2) is 42.1 Å². The summed E-state index contributed by atoms with van der Waals surface area (Å²) in [5.74, 6) is -2.21. The molecule has 1 aliphatic rings. The SMILES string of the molecule is C=C(F)C(=O)Nc1cc(C(=O)Nc2nc3cccc(Cl)c3n2[C@@H]2CCCCN(C(C)=O)C2)cs1. The van der Waals surface area contributed by atoms with Gasteiger partial charge < -0.3 is 14.8 Å². The van der Waals surface area contributed by atoms with E-state index in [1.807, 2.05) is 10.6 Å². The van der Waals surface area contributed by atoms with Gasteiger partial charge >= 0.3 is 0 Å². The summed E-state index contributed by atoms with van der Waals surface area (Å²) in [6, 6.07) is 6.69. The Morgan fingerprint density at radius 2 is 2.06 bits per heavy atom. The van der Waals surface area contributed by atoms with Gasteiger partial charge in [0.1, 0.15) is 0 Å². The summed E-state index contributed by atoms with van der Waals surface area (Å²) >= 11 is 7.62. The number of imidazole rings is 1. The number of hydrogen-bond donors (Lipinski definition) is 2. The number of nitrogens with one attached hydrogen (secondary N) is 2. The van der Waals surface area contributed by atoms with Gasteiger partial charge in [0.25, 0.3) is 11.8 Å². The first kappa shape index (κ1) is 23.9. The second kappa shape index (κ2) is 9.94. The number of aromatic nitrogens is 2. The number of thiophene rings is 1. The van der Waals surface area contributed by atoms with E-state index < -0.39 is 17.6 Å². The minimum absolute atomic E-state index is 0.00295. The minimum Gasteiger partial charge on any atom is -0.341 e. The summed E-state index contributed by atoms with van der Waals surface area (Å²) in [4.78, 5) is 43.1. The van der Waals surface area contributed by atoms with Crippen LogP contribution in [0.3, 0.4) is 0 Å². The maximum Gasteiger partial charge on any atom is 0.284 e. The number of fused-ring (bicyclic) bond motifs is 1. The number of para-hydroxylation sites is 1. The van der Waals surface area contributed by atoms with E-state index >= 15 is 0 Å². The molecule has 0 radical (unpaired) electrons. The molecular formula is C23H23ClFN5O3S. The zero-order valence-corrected chi connectivity index (χ0v) is 20.0. The summed E-state index contributed by atoms with van der Waals surface area (Å²) in [6.07, 6.45) is 2.61. The van der Waals surface area contributed by atoms with Gasteiger partial charge in [-0.3, -0.25) is 19.7 Å². The fourth-order valence-electron chi connectivity index (χ4n) is 4.04. The normalized spacial score (nSPS) is 16.2. The Hall–Kier alpha value is -3.24. The molecule has 0 spiro atoms. The number of rotatable bonds is 5. The van der Waals surface area contributed by atoms with Crippen molar-refractivity contribution in [3.8, 4) is 0 Å². The molecule has 0 bridgehead atoms. The average molecular weight is 504 g/mol. The highest BCUT2D eigenvalue weighted by atomic mass is 35.5. The fourth-order valence-corrected chi connectivity index (χ4v) is 5.08. The predicted octanol–water partition coefficient (Wildman–Crippen LogP) is 5.00. The molecule has 178 valence electrons. The summed E-state index contributed by atoms with van der Waals surface area (Å²) in [5.41, 5.74) is 1.59. The summed E-state index contributed by atoms with van der Waals surface area (Å²) in [6.45, 7) is 5.67. The van der Waals surface area contributed by atoms with Crippen molar-refractivity contribution in [2.45, 2.75) is 32.2 Å². The molecule has 3 heterocycles. The number of carbonyl (C=O) groups excluding carboxylic acids is 3. The molecule has 11 heteroatoms. The third-order valence-electron chi connectivity index (χ3n) is 5.69. The van der Waals surface area contributed by atoms with Gasteiger partial charge in [-0.05, 0) is 37.5 Å². The molecule has 0 unspecified atom stereocenters. The van der Waals surface area contributed by atoms with E-state index in [1.165, 1.54) is 6.07 Å². The number of likely N-dealkylation sites (tertiary alicyclic amines) is 1. The van der Waals surface area contributed by atoms with E-state index in [2.05, 4.69) is 22.2 Å². The zero-order valence-electron chi connectivity index (χ0n) is 18.4. The molecule has 2 N–H and O–H groups in total. The number of halogens is 2. The van der Waals surface area contributed by atoms with Crippen molar-refractivity contribution >= 4 is 62.6 Å². The van der Waals surface area contributed by atoms with E-state index in [0.29, 0.717) is 40.1 Å². The fraction of sp³-hybridized carbons (Fsp3) is 0.304. The summed E-state index contributed by atoms with van der Waals surface area (Å²) in [5, 5.41) is 7.55. The first-order valence-electron chi connectivity index (χ1n) is 10.7. The standard InChI is InChI=1S/C23H23ClFN5O3S/c1-13(25)21(32)27-19-10-15(12-34-19)22(33)28-23-26-18-8-5-7-17(24)20(18)30(23)16-6-3-4-9-29(11-16)14(2)31/h5,7-8,10,12,16H,1,3-4,6,9,11H2,2H3,(H,27,32)(H,26,28,33)/t16-/m1/s1. The van der Waals surface area contributed by atoms with Crippen LogP contribution < -0.4 is 10.6 Å². The van der Waals surface area contributed by atoms with Crippen molar-refractivity contribution in [3.05, 3.63) is 52.6 Å². The van der Waals surface area contributed by atoms with Crippen molar-refractivity contribution in [2.75, 3.05) is 23.7 Å². The van der Waals surface area contributed by atoms with E-state index in [1.54, 1.807) is 29.3 Å². The molecule has 2 aromatic heterocycles. The van der Waals surface area contributed by atoms with Crippen LogP contribution in [0.4, 0.5) is 15.3 Å². The molecule has 3 aromatic rings. The lowest BCUT2D eigenvalue weighted by molar-refractivity contribution is -0.129. The quantitative estimate of drug-likeness (QED) is 0.479. The van der Waals surface area contributed by atoms with E-state index in [0.717, 1.165) is 30.6 Å². The number of amides is 3. The molecule has 1 atom stereocenters. The average Bonchev–Trinajstić information content (AvgIpc) is 3.31. The van der Waals surface area contributed by atoms with Crippen LogP contribution in [-0.4, -0.2) is 45.3 Å². The molecule has 1 saturated heterocycles. The van der Waals surface area contributed by atoms with Crippen LogP contribution in [0.2, 0.25) is 5.02 Å². The van der Waals surface area contributed by atoms with E-state index in [4.69, 9.17) is 11.6 Å². The highest BCUT2D eigenvalue weighted by Crippen LogP contribution is 2.34. The molecule has 8 nitrogen and oxygen atoms in total. The molecule has 4 rings (SSSR count). The van der Waals surface area contributed by atoms with Crippen LogP contribution >= 0.6 is 22.9 Å². The largest absolute Gasteiger partial charge is 0.341 e. The first-order valence-corrected chi connectivity index (χ1v) is 12.0. The van der Waals surface area contributed by atoms with Gasteiger partial charge in [-0.25, -0.2) is 9.37 Å². The molecule has 3 amide bonds. The Balaban J connectivity index is 1.66. The predicted molar refractivity (Wildman–Crippen MR) is 131 cm³/mol. The molecule has 1 fully saturated rings. The molecule has 1 aliphatic heterocycles. The van der Waals surface area contributed by atoms with Crippen LogP contribution in [0.25, 0.3) is 11.0 Å². The zero-order chi connectivity index (χ0) is 24.4. The van der Waals surface area contributed by atoms with Crippen LogP contribution in [0, 0.1) is 0 Å². The number of benzene rings is 1. The topological polar surface area (TPSA) is 96.3 Å². The second-order valence-corrected chi connectivity index (χ2v) is 9.36. The van der Waals surface area contributed by atoms with Crippen molar-refractivity contribution in [1.29, 1.82) is 0 Å². The third-order valence-corrected chi connectivity index (χ3v) is 6.84. The maximum atomic E-state index is 13.0. The van der Waals surface area contributed by atoms with Gasteiger partial charge in [-0.1, -0.05) is 24.2 Å². The first-order chi connectivity index (χ1) is 16.2. The van der Waals surface area contributed by atoms with Gasteiger partial charge in [0.2, 0.25) is 11.9 Å². The van der Waals surface area contributed by atoms with Crippen molar-refractivity contribution in [2.24, 2.45) is 0 Å². The molecule has 0 saturated carbocycles. The van der Waals surface area contributed by atoms with Gasteiger partial charge in [0.15, 0.2) is 5.83 Å². The molecule has 0 aliphatic carbocycles. The van der Waals surface area contributed by atoms with Crippen molar-refractivity contribution in [3.63, 3.8) is 0 Å². The Morgan fingerprint density at radius 3 is 2.79 bits per heavy atom. The van der Waals surface area contributed by atoms with Crippen LogP contribution in [-0.2, 0) is 9.59 Å². The lowest BCUT2D eigenvalue weighted by Gasteiger charge is -2.26. The lowest BCUT2D eigenvalue weighted by atomic mass is 10.1. The molecule has 34 heavy (non-hydrogen) atoms. The highest BCUT2D eigenvalue weighted by molar-refractivity contribution is 7.14. The summed E-state index contributed by atoms with van der Waals surface area (Å²) in [7, 11) is 0. The van der Waals surface area contributed by atoms with Gasteiger partial charge in [0, 0.05) is 25.4 Å². The van der Waals surface area contributed by atoms with E-state index in [-0.39, 0.29) is 17.5 Å². The number of carbonyl (C=O) groups is 3. The van der Waals surface area contributed by atoms with E-state index in [9.17, 15) is 18.8 Å². The number of hydrogen-bond acceptors (Lipinski definition) is 5. The Kier molecular flexibility index (Phi) is 6.99. The second-order valence-electron chi connectivity index (χ2n) is 8.04. The Bertz CT molecular complexity index is 1290. The van der Waals surface area contributed by atoms with Gasteiger partial charge in [-0.2, -0.15) is 0 Å². The van der Waals surface area contributed by atoms with Gasteiger partial charge in [-0.15, -0.1) is 11.3 Å². The van der Waals surface area contributed by atoms with Crippen LogP contribution in [0.5, 0.6) is 0 Å².